The average Bonchev–Trinajstić information content (AvgIpc) is 2.67. The van der Waals surface area contributed by atoms with E-state index in [4.69, 9.17) is 9.47 Å². The molecule has 2 rings (SSSR count). The van der Waals surface area contributed by atoms with E-state index in [9.17, 15) is 0 Å². The van der Waals surface area contributed by atoms with Gasteiger partial charge in [-0.05, 0) is 38.0 Å². The van der Waals surface area contributed by atoms with E-state index in [1.807, 2.05) is 50.2 Å². The van der Waals surface area contributed by atoms with Crippen molar-refractivity contribution in [1.29, 1.82) is 0 Å². The molecule has 0 amide bonds. The minimum Gasteiger partial charge on any atom is -0.494 e. The number of halogens is 1. The average molecular weight is 483 g/mol. The van der Waals surface area contributed by atoms with Gasteiger partial charge in [-0.1, -0.05) is 36.4 Å². The van der Waals surface area contributed by atoms with E-state index >= 15 is 0 Å². The van der Waals surface area contributed by atoms with Gasteiger partial charge in [0, 0.05) is 25.7 Å². The van der Waals surface area contributed by atoms with Gasteiger partial charge in [0.05, 0.1) is 13.2 Å². The van der Waals surface area contributed by atoms with Crippen LogP contribution in [0.15, 0.2) is 53.5 Å². The molecule has 0 saturated carbocycles. The van der Waals surface area contributed by atoms with Crippen LogP contribution in [0.3, 0.4) is 0 Å². The SMILES string of the molecule is CCOc1ccccc1CCNC(=NC)NCc1ccccc1OCC.I. The van der Waals surface area contributed by atoms with E-state index in [2.05, 4.69) is 27.8 Å². The first-order valence-corrected chi connectivity index (χ1v) is 9.14. The van der Waals surface area contributed by atoms with E-state index in [1.54, 1.807) is 7.05 Å². The summed E-state index contributed by atoms with van der Waals surface area (Å²) >= 11 is 0. The summed E-state index contributed by atoms with van der Waals surface area (Å²) in [7, 11) is 1.78. The number of hydrogen-bond donors (Lipinski definition) is 2. The summed E-state index contributed by atoms with van der Waals surface area (Å²) in [6.45, 7) is 6.75. The molecule has 2 aromatic carbocycles. The van der Waals surface area contributed by atoms with Gasteiger partial charge in [-0.25, -0.2) is 0 Å². The Kier molecular flexibility index (Phi) is 11.3. The Hall–Kier alpha value is -1.96. The molecule has 27 heavy (non-hydrogen) atoms. The van der Waals surface area contributed by atoms with Crippen LogP contribution >= 0.6 is 24.0 Å². The van der Waals surface area contributed by atoms with Crippen LogP contribution < -0.4 is 20.1 Å². The van der Waals surface area contributed by atoms with Crippen LogP contribution in [-0.4, -0.2) is 32.8 Å². The minimum absolute atomic E-state index is 0. The molecule has 0 heterocycles. The van der Waals surface area contributed by atoms with Crippen molar-refractivity contribution >= 4 is 29.9 Å². The van der Waals surface area contributed by atoms with Gasteiger partial charge in [0.1, 0.15) is 11.5 Å². The molecule has 0 aliphatic rings. The zero-order valence-electron chi connectivity index (χ0n) is 16.3. The van der Waals surface area contributed by atoms with Crippen LogP contribution in [0.4, 0.5) is 0 Å². The number of rotatable bonds is 9. The van der Waals surface area contributed by atoms with Crippen LogP contribution in [0.25, 0.3) is 0 Å². The number of ether oxygens (including phenoxy) is 2. The van der Waals surface area contributed by atoms with Crippen molar-refractivity contribution in [3.05, 3.63) is 59.7 Å². The first-order valence-electron chi connectivity index (χ1n) is 9.14. The maximum absolute atomic E-state index is 5.67. The number of benzene rings is 2. The van der Waals surface area contributed by atoms with Crippen molar-refractivity contribution in [1.82, 2.24) is 10.6 Å². The topological polar surface area (TPSA) is 54.9 Å². The monoisotopic (exact) mass is 483 g/mol. The fourth-order valence-corrected chi connectivity index (χ4v) is 2.67. The molecule has 0 fully saturated rings. The first-order chi connectivity index (χ1) is 12.8. The Labute approximate surface area is 179 Å². The van der Waals surface area contributed by atoms with Gasteiger partial charge in [-0.15, -0.1) is 24.0 Å². The molecular formula is C21H30IN3O2. The summed E-state index contributed by atoms with van der Waals surface area (Å²) in [4.78, 5) is 4.29. The smallest absolute Gasteiger partial charge is 0.191 e. The number of nitrogens with one attached hydrogen (secondary N) is 2. The molecule has 0 radical (unpaired) electrons. The Bertz CT molecular complexity index is 707. The lowest BCUT2D eigenvalue weighted by atomic mass is 10.1. The van der Waals surface area contributed by atoms with Gasteiger partial charge < -0.3 is 20.1 Å². The van der Waals surface area contributed by atoms with Crippen LogP contribution in [0.1, 0.15) is 25.0 Å². The van der Waals surface area contributed by atoms with Gasteiger partial charge in [-0.3, -0.25) is 4.99 Å². The lowest BCUT2D eigenvalue weighted by Gasteiger charge is -2.15. The van der Waals surface area contributed by atoms with E-state index < -0.39 is 0 Å². The summed E-state index contributed by atoms with van der Waals surface area (Å²) in [6, 6.07) is 16.2. The molecule has 0 aliphatic heterocycles. The van der Waals surface area contributed by atoms with Crippen molar-refractivity contribution < 1.29 is 9.47 Å². The Morgan fingerprint density at radius 1 is 0.852 bits per heavy atom. The second-order valence-corrected chi connectivity index (χ2v) is 5.68. The fourth-order valence-electron chi connectivity index (χ4n) is 2.67. The molecule has 2 N–H and O–H groups in total. The molecule has 0 unspecified atom stereocenters. The third-order valence-corrected chi connectivity index (χ3v) is 3.90. The molecule has 6 heteroatoms. The second kappa shape index (κ2) is 13.2. The van der Waals surface area contributed by atoms with E-state index in [0.717, 1.165) is 36.0 Å². The number of aliphatic imine (C=N–C) groups is 1. The molecule has 5 nitrogen and oxygen atoms in total. The van der Waals surface area contributed by atoms with Crippen LogP contribution in [0.5, 0.6) is 11.5 Å². The number of guanidine groups is 1. The highest BCUT2D eigenvalue weighted by Gasteiger charge is 2.05. The molecule has 0 aromatic heterocycles. The molecular weight excluding hydrogens is 453 g/mol. The largest absolute Gasteiger partial charge is 0.494 e. The van der Waals surface area contributed by atoms with Gasteiger partial charge >= 0.3 is 0 Å². The zero-order chi connectivity index (χ0) is 18.6. The van der Waals surface area contributed by atoms with E-state index in [-0.39, 0.29) is 24.0 Å². The summed E-state index contributed by atoms with van der Waals surface area (Å²) in [6.07, 6.45) is 0.867. The van der Waals surface area contributed by atoms with Crippen LogP contribution in [0.2, 0.25) is 0 Å². The Morgan fingerprint density at radius 3 is 2.00 bits per heavy atom. The van der Waals surface area contributed by atoms with Crippen LogP contribution in [-0.2, 0) is 13.0 Å². The van der Waals surface area contributed by atoms with Gasteiger partial charge in [0.15, 0.2) is 5.96 Å². The Morgan fingerprint density at radius 2 is 1.41 bits per heavy atom. The quantitative estimate of drug-likeness (QED) is 0.322. The normalized spacial score (nSPS) is 10.7. The van der Waals surface area contributed by atoms with Crippen molar-refractivity contribution in [2.24, 2.45) is 4.99 Å². The summed E-state index contributed by atoms with van der Waals surface area (Å²) in [5.41, 5.74) is 2.30. The predicted molar refractivity (Wildman–Crippen MR) is 123 cm³/mol. The summed E-state index contributed by atoms with van der Waals surface area (Å²) < 4.78 is 11.3. The zero-order valence-corrected chi connectivity index (χ0v) is 18.7. The molecule has 2 aromatic rings. The van der Waals surface area contributed by atoms with E-state index in [0.29, 0.717) is 19.8 Å². The highest BCUT2D eigenvalue weighted by atomic mass is 127. The maximum Gasteiger partial charge on any atom is 0.191 e. The third-order valence-electron chi connectivity index (χ3n) is 3.90. The maximum atomic E-state index is 5.67. The highest BCUT2D eigenvalue weighted by Crippen LogP contribution is 2.18. The number of hydrogen-bond acceptors (Lipinski definition) is 3. The molecule has 0 spiro atoms. The van der Waals surface area contributed by atoms with E-state index in [1.165, 1.54) is 5.56 Å². The van der Waals surface area contributed by atoms with Crippen LogP contribution in [0, 0.1) is 0 Å². The summed E-state index contributed by atoms with van der Waals surface area (Å²) in [5, 5.41) is 6.69. The van der Waals surface area contributed by atoms with Gasteiger partial charge in [-0.2, -0.15) is 0 Å². The molecule has 0 bridgehead atoms. The van der Waals surface area contributed by atoms with Gasteiger partial charge in [0.2, 0.25) is 0 Å². The molecule has 0 aliphatic carbocycles. The lowest BCUT2D eigenvalue weighted by molar-refractivity contribution is 0.336. The molecule has 0 saturated heterocycles. The fraction of sp³-hybridized carbons (Fsp3) is 0.381. The number of nitrogens with zero attached hydrogens (tertiary/aromatic N) is 1. The summed E-state index contributed by atoms with van der Waals surface area (Å²) in [5.74, 6) is 2.62. The third kappa shape index (κ3) is 7.66. The van der Waals surface area contributed by atoms with Crippen molar-refractivity contribution in [3.63, 3.8) is 0 Å². The van der Waals surface area contributed by atoms with Crippen molar-refractivity contribution in [2.75, 3.05) is 26.8 Å². The number of para-hydroxylation sites is 2. The molecule has 148 valence electrons. The predicted octanol–water partition coefficient (Wildman–Crippen LogP) is 4.01. The molecule has 0 atom stereocenters. The Balaban J connectivity index is 0.00000364. The van der Waals surface area contributed by atoms with Crippen molar-refractivity contribution in [3.8, 4) is 11.5 Å². The first kappa shape index (κ1) is 23.1. The highest BCUT2D eigenvalue weighted by molar-refractivity contribution is 14.0. The van der Waals surface area contributed by atoms with Crippen molar-refractivity contribution in [2.45, 2.75) is 26.8 Å². The lowest BCUT2D eigenvalue weighted by Crippen LogP contribution is -2.38. The minimum atomic E-state index is 0. The van der Waals surface area contributed by atoms with Gasteiger partial charge in [0.25, 0.3) is 0 Å². The standard InChI is InChI=1S/C21H29N3O2.HI/c1-4-25-19-12-8-6-10-17(19)14-15-23-21(22-3)24-16-18-11-7-9-13-20(18)26-5-2;/h6-13H,4-5,14-16H2,1-3H3,(H2,22,23,24);1H. The second-order valence-electron chi connectivity index (χ2n) is 5.68.